The van der Waals surface area contributed by atoms with E-state index >= 15 is 0 Å². The number of hydrogen-bond donors (Lipinski definition) is 0. The highest BCUT2D eigenvalue weighted by Gasteiger charge is 2.23. The molecule has 25 heavy (non-hydrogen) atoms. The van der Waals surface area contributed by atoms with E-state index < -0.39 is 0 Å². The zero-order valence-corrected chi connectivity index (χ0v) is 20.5. The number of nitrogens with zero attached hydrogens (tertiary/aromatic N) is 1. The van der Waals surface area contributed by atoms with Gasteiger partial charge in [-0.2, -0.15) is 0 Å². The van der Waals surface area contributed by atoms with Crippen LogP contribution in [-0.4, -0.2) is 41.1 Å². The summed E-state index contributed by atoms with van der Waals surface area (Å²) < 4.78 is 5.75. The summed E-state index contributed by atoms with van der Waals surface area (Å²) in [7, 11) is 5.27. The van der Waals surface area contributed by atoms with Crippen LogP contribution < -0.4 is 0 Å². The summed E-state index contributed by atoms with van der Waals surface area (Å²) >= 11 is 0. The Morgan fingerprint density at radius 2 is 1.16 bits per heavy atom. The molecular formula is C22H49NOSi. The Morgan fingerprint density at radius 1 is 0.760 bits per heavy atom. The van der Waals surface area contributed by atoms with Crippen LogP contribution in [0.15, 0.2) is 0 Å². The molecule has 0 saturated heterocycles. The molecule has 0 aromatic carbocycles. The van der Waals surface area contributed by atoms with Crippen molar-refractivity contribution >= 4 is 10.5 Å². The molecule has 0 spiro atoms. The van der Waals surface area contributed by atoms with Crippen molar-refractivity contribution in [2.45, 2.75) is 129 Å². The van der Waals surface area contributed by atoms with E-state index in [4.69, 9.17) is 4.43 Å². The molecule has 0 rings (SSSR count). The summed E-state index contributed by atoms with van der Waals surface area (Å²) in [4.78, 5) is 2.39. The molecule has 0 radical (unpaired) electrons. The first-order valence-electron chi connectivity index (χ1n) is 11.1. The lowest BCUT2D eigenvalue weighted by Gasteiger charge is -2.33. The van der Waals surface area contributed by atoms with Crippen LogP contribution in [0.1, 0.15) is 117 Å². The van der Waals surface area contributed by atoms with Crippen molar-refractivity contribution < 1.29 is 4.43 Å². The predicted molar refractivity (Wildman–Crippen MR) is 118 cm³/mol. The molecule has 0 saturated carbocycles. The van der Waals surface area contributed by atoms with Crippen LogP contribution in [-0.2, 0) is 4.43 Å². The quantitative estimate of drug-likeness (QED) is 0.221. The normalized spacial score (nSPS) is 13.7. The first-order valence-corrected chi connectivity index (χ1v) is 12.0. The van der Waals surface area contributed by atoms with Crippen molar-refractivity contribution in [1.82, 2.24) is 4.90 Å². The van der Waals surface area contributed by atoms with E-state index in [1.165, 1.54) is 89.9 Å². The Kier molecular flexibility index (Phi) is 16.4. The van der Waals surface area contributed by atoms with Crippen molar-refractivity contribution in [3.63, 3.8) is 0 Å². The van der Waals surface area contributed by atoms with Gasteiger partial charge in [0, 0.05) is 6.04 Å². The van der Waals surface area contributed by atoms with Gasteiger partial charge in [0.15, 0.2) is 0 Å². The lowest BCUT2D eigenvalue weighted by molar-refractivity contribution is 0.0740. The van der Waals surface area contributed by atoms with Crippen LogP contribution in [0.4, 0.5) is 0 Å². The Labute approximate surface area is 163 Å². The van der Waals surface area contributed by atoms with E-state index in [9.17, 15) is 0 Å². The predicted octanol–water partition coefficient (Wildman–Crippen LogP) is 5.86. The maximum atomic E-state index is 5.75. The molecule has 0 bridgehead atoms. The lowest BCUT2D eigenvalue weighted by atomic mass is 9.94. The Morgan fingerprint density at radius 3 is 1.52 bits per heavy atom. The molecule has 0 amide bonds. The summed E-state index contributed by atoms with van der Waals surface area (Å²) in [6.07, 6.45) is 21.1. The van der Waals surface area contributed by atoms with Gasteiger partial charge < -0.3 is 9.33 Å². The fourth-order valence-corrected chi connectivity index (χ4v) is 3.76. The molecular weight excluding hydrogens is 322 g/mol. The summed E-state index contributed by atoms with van der Waals surface area (Å²) in [5.41, 5.74) is 0.0533. The largest absolute Gasteiger partial charge is 0.423 e. The fraction of sp³-hybridized carbons (Fsp3) is 1.00. The van der Waals surface area contributed by atoms with Gasteiger partial charge in [0.1, 0.15) is 10.5 Å². The molecule has 0 heterocycles. The molecule has 0 aromatic heterocycles. The van der Waals surface area contributed by atoms with Gasteiger partial charge in [-0.05, 0) is 40.8 Å². The van der Waals surface area contributed by atoms with Crippen molar-refractivity contribution in [2.24, 2.45) is 0 Å². The van der Waals surface area contributed by atoms with Crippen LogP contribution in [0.5, 0.6) is 0 Å². The Hall–Kier alpha value is 0.137. The highest BCUT2D eigenvalue weighted by atomic mass is 28.2. The summed E-state index contributed by atoms with van der Waals surface area (Å²) in [6, 6.07) is 0.664. The molecule has 2 nitrogen and oxygen atoms in total. The van der Waals surface area contributed by atoms with Gasteiger partial charge in [-0.1, -0.05) is 90.4 Å². The van der Waals surface area contributed by atoms with E-state index in [0.717, 1.165) is 16.9 Å². The first-order chi connectivity index (χ1) is 11.9. The minimum absolute atomic E-state index is 0.0533. The van der Waals surface area contributed by atoms with Gasteiger partial charge in [0.05, 0.1) is 5.60 Å². The summed E-state index contributed by atoms with van der Waals surface area (Å²) in [5, 5.41) is 0. The highest BCUT2D eigenvalue weighted by molar-refractivity contribution is 5.98. The first kappa shape index (κ1) is 25.1. The third-order valence-corrected chi connectivity index (χ3v) is 6.76. The number of hydrogen-bond acceptors (Lipinski definition) is 2. The van der Waals surface area contributed by atoms with Crippen LogP contribution >= 0.6 is 0 Å². The second kappa shape index (κ2) is 16.3. The molecule has 152 valence electrons. The fourth-order valence-electron chi connectivity index (χ4n) is 3.59. The molecule has 0 N–H and O–H groups in total. The monoisotopic (exact) mass is 371 g/mol. The molecule has 0 aliphatic rings. The lowest BCUT2D eigenvalue weighted by Crippen LogP contribution is -2.37. The Bertz CT molecular complexity index is 281. The van der Waals surface area contributed by atoms with E-state index in [0.29, 0.717) is 6.04 Å². The van der Waals surface area contributed by atoms with Gasteiger partial charge in [0.25, 0.3) is 0 Å². The van der Waals surface area contributed by atoms with Crippen molar-refractivity contribution in [2.75, 3.05) is 14.1 Å². The zero-order chi connectivity index (χ0) is 19.0. The molecule has 0 aliphatic heterocycles. The Balaban J connectivity index is 3.49. The van der Waals surface area contributed by atoms with Crippen LogP contribution in [0, 0.1) is 0 Å². The molecule has 3 heteroatoms. The molecule has 1 atom stereocenters. The van der Waals surface area contributed by atoms with Gasteiger partial charge >= 0.3 is 0 Å². The topological polar surface area (TPSA) is 12.5 Å². The smallest absolute Gasteiger partial charge is 0.146 e. The van der Waals surface area contributed by atoms with Crippen LogP contribution in [0.2, 0.25) is 0 Å². The molecule has 1 unspecified atom stereocenters. The van der Waals surface area contributed by atoms with E-state index in [2.05, 4.69) is 39.8 Å². The SMILES string of the molecule is CCCCCCCCCCCCCCCC(CC(C)(C)O[SiH3])N(C)C. The molecule has 0 aliphatic carbocycles. The maximum Gasteiger partial charge on any atom is 0.146 e. The van der Waals surface area contributed by atoms with E-state index in [1.54, 1.807) is 0 Å². The van der Waals surface area contributed by atoms with Gasteiger partial charge in [0.2, 0.25) is 0 Å². The third kappa shape index (κ3) is 16.1. The van der Waals surface area contributed by atoms with Gasteiger partial charge in [-0.15, -0.1) is 0 Å². The third-order valence-electron chi connectivity index (χ3n) is 5.65. The number of rotatable bonds is 18. The van der Waals surface area contributed by atoms with Crippen molar-refractivity contribution in [3.05, 3.63) is 0 Å². The maximum absolute atomic E-state index is 5.75. The van der Waals surface area contributed by atoms with E-state index in [-0.39, 0.29) is 5.60 Å². The summed E-state index contributed by atoms with van der Waals surface area (Å²) in [6.45, 7) is 6.77. The van der Waals surface area contributed by atoms with Gasteiger partial charge in [-0.25, -0.2) is 0 Å². The standard InChI is InChI=1S/C22H49NOSi/c1-6-7-8-9-10-11-12-13-14-15-16-17-18-19-21(23(4)5)20-22(2,3)24-25/h21H,6-20H2,1-5,25H3. The molecule has 0 fully saturated rings. The minimum Gasteiger partial charge on any atom is -0.423 e. The minimum atomic E-state index is 0.0533. The average molecular weight is 372 g/mol. The van der Waals surface area contributed by atoms with Crippen molar-refractivity contribution in [3.8, 4) is 0 Å². The van der Waals surface area contributed by atoms with Crippen LogP contribution in [0.25, 0.3) is 0 Å². The zero-order valence-electron chi connectivity index (χ0n) is 18.5. The van der Waals surface area contributed by atoms with E-state index in [1.807, 2.05) is 0 Å². The second-order valence-electron chi connectivity index (χ2n) is 8.82. The van der Waals surface area contributed by atoms with Gasteiger partial charge in [-0.3, -0.25) is 0 Å². The molecule has 0 aromatic rings. The van der Waals surface area contributed by atoms with Crippen molar-refractivity contribution in [1.29, 1.82) is 0 Å². The summed E-state index contributed by atoms with van der Waals surface area (Å²) in [5.74, 6) is 0. The average Bonchev–Trinajstić information content (AvgIpc) is 2.57. The highest BCUT2D eigenvalue weighted by Crippen LogP contribution is 2.22. The second-order valence-corrected chi connectivity index (χ2v) is 9.22. The van der Waals surface area contributed by atoms with Crippen LogP contribution in [0.3, 0.4) is 0 Å². The number of unbranched alkanes of at least 4 members (excludes halogenated alkanes) is 12.